The van der Waals surface area contributed by atoms with Gasteiger partial charge in [0.25, 0.3) is 11.8 Å². The van der Waals surface area contributed by atoms with E-state index in [2.05, 4.69) is 37.2 Å². The standard InChI is InChI=1S/C20H15Br2ClN2O4/c1-2-6-29-17-15(21)8-11(9-16(17)22)7-14-18(26)24-20(28)25(19(14)27)13-5-3-4-12(23)10-13/h3-5,7-10H,2,6H2,1H3,(H,24,26,28)/b14-7+. The number of anilines is 1. The highest BCUT2D eigenvalue weighted by Crippen LogP contribution is 2.36. The van der Waals surface area contributed by atoms with Crippen molar-refractivity contribution in [2.45, 2.75) is 13.3 Å². The van der Waals surface area contributed by atoms with Crippen molar-refractivity contribution in [2.75, 3.05) is 11.5 Å². The number of urea groups is 1. The van der Waals surface area contributed by atoms with Crippen molar-refractivity contribution < 1.29 is 19.1 Å². The number of ether oxygens (including phenoxy) is 1. The highest BCUT2D eigenvalue weighted by atomic mass is 79.9. The second-order valence-corrected chi connectivity index (χ2v) is 8.24. The Morgan fingerprint density at radius 1 is 1.14 bits per heavy atom. The molecule has 29 heavy (non-hydrogen) atoms. The molecule has 1 saturated heterocycles. The van der Waals surface area contributed by atoms with Gasteiger partial charge in [0.2, 0.25) is 0 Å². The summed E-state index contributed by atoms with van der Waals surface area (Å²) in [5.74, 6) is -0.874. The average molecular weight is 543 g/mol. The Kier molecular flexibility index (Phi) is 6.77. The zero-order valence-electron chi connectivity index (χ0n) is 15.2. The number of carbonyl (C=O) groups excluding carboxylic acids is 3. The maximum atomic E-state index is 12.9. The lowest BCUT2D eigenvalue weighted by atomic mass is 10.1. The third-order valence-electron chi connectivity index (χ3n) is 3.95. The van der Waals surface area contributed by atoms with Crippen LogP contribution in [0, 0.1) is 0 Å². The molecule has 3 rings (SSSR count). The molecule has 1 heterocycles. The van der Waals surface area contributed by atoms with E-state index in [9.17, 15) is 14.4 Å². The quantitative estimate of drug-likeness (QED) is 0.410. The first kappa shape index (κ1) is 21.5. The highest BCUT2D eigenvalue weighted by Gasteiger charge is 2.36. The Hall–Kier alpha value is -2.16. The molecule has 1 aliphatic heterocycles. The predicted octanol–water partition coefficient (Wildman–Crippen LogP) is 5.32. The Morgan fingerprint density at radius 3 is 2.45 bits per heavy atom. The van der Waals surface area contributed by atoms with Crippen molar-refractivity contribution >= 4 is 73.1 Å². The average Bonchev–Trinajstić information content (AvgIpc) is 2.64. The van der Waals surface area contributed by atoms with Gasteiger partial charge in [-0.15, -0.1) is 0 Å². The summed E-state index contributed by atoms with van der Waals surface area (Å²) in [7, 11) is 0. The summed E-state index contributed by atoms with van der Waals surface area (Å²) in [4.78, 5) is 38.4. The Labute approximate surface area is 189 Å². The van der Waals surface area contributed by atoms with Gasteiger partial charge in [0.05, 0.1) is 21.2 Å². The fourth-order valence-electron chi connectivity index (χ4n) is 2.68. The van der Waals surface area contributed by atoms with Crippen LogP contribution in [0.15, 0.2) is 50.9 Å². The van der Waals surface area contributed by atoms with Crippen LogP contribution in [0.2, 0.25) is 5.02 Å². The van der Waals surface area contributed by atoms with E-state index >= 15 is 0 Å². The van der Waals surface area contributed by atoms with E-state index in [1.807, 2.05) is 6.92 Å². The van der Waals surface area contributed by atoms with Gasteiger partial charge < -0.3 is 4.74 Å². The van der Waals surface area contributed by atoms with Gasteiger partial charge in [-0.3, -0.25) is 14.9 Å². The van der Waals surface area contributed by atoms with Crippen LogP contribution in [0.5, 0.6) is 5.75 Å². The predicted molar refractivity (Wildman–Crippen MR) is 118 cm³/mol. The van der Waals surface area contributed by atoms with Gasteiger partial charge in [0.1, 0.15) is 11.3 Å². The molecular weight excluding hydrogens is 527 g/mol. The first-order valence-corrected chi connectivity index (χ1v) is 10.6. The molecule has 9 heteroatoms. The van der Waals surface area contributed by atoms with Crippen LogP contribution < -0.4 is 15.0 Å². The van der Waals surface area contributed by atoms with Crippen LogP contribution in [0.3, 0.4) is 0 Å². The van der Waals surface area contributed by atoms with Crippen LogP contribution in [0.25, 0.3) is 6.08 Å². The monoisotopic (exact) mass is 540 g/mol. The summed E-state index contributed by atoms with van der Waals surface area (Å²) in [6.45, 7) is 2.55. The first-order valence-electron chi connectivity index (χ1n) is 8.60. The second-order valence-electron chi connectivity index (χ2n) is 6.10. The van der Waals surface area contributed by atoms with E-state index in [0.717, 1.165) is 11.3 Å². The Balaban J connectivity index is 1.99. The number of carbonyl (C=O) groups is 3. The van der Waals surface area contributed by atoms with E-state index in [1.54, 1.807) is 30.3 Å². The maximum absolute atomic E-state index is 12.9. The van der Waals surface area contributed by atoms with Crippen LogP contribution in [-0.2, 0) is 9.59 Å². The number of nitrogens with zero attached hydrogens (tertiary/aromatic N) is 1. The van der Waals surface area contributed by atoms with Crippen LogP contribution in [0.1, 0.15) is 18.9 Å². The molecular formula is C20H15Br2ClN2O4. The molecule has 6 nitrogen and oxygen atoms in total. The number of benzene rings is 2. The number of imide groups is 2. The van der Waals surface area contributed by atoms with E-state index in [4.69, 9.17) is 16.3 Å². The molecule has 0 spiro atoms. The Bertz CT molecular complexity index is 1020. The minimum absolute atomic E-state index is 0.175. The molecule has 4 amide bonds. The molecule has 0 bridgehead atoms. The van der Waals surface area contributed by atoms with Crippen LogP contribution >= 0.6 is 43.5 Å². The van der Waals surface area contributed by atoms with Gasteiger partial charge in [-0.25, -0.2) is 9.69 Å². The molecule has 0 radical (unpaired) electrons. The number of halogens is 3. The lowest BCUT2D eigenvalue weighted by Gasteiger charge is -2.26. The smallest absolute Gasteiger partial charge is 0.335 e. The molecule has 0 aliphatic carbocycles. The minimum Gasteiger partial charge on any atom is -0.491 e. The number of hydrogen-bond donors (Lipinski definition) is 1. The number of nitrogens with one attached hydrogen (secondary N) is 1. The maximum Gasteiger partial charge on any atom is 0.335 e. The second kappa shape index (κ2) is 9.11. The summed E-state index contributed by atoms with van der Waals surface area (Å²) in [5.41, 5.74) is 0.668. The largest absolute Gasteiger partial charge is 0.491 e. The zero-order chi connectivity index (χ0) is 21.1. The minimum atomic E-state index is -0.829. The van der Waals surface area contributed by atoms with Crippen molar-refractivity contribution in [1.82, 2.24) is 5.32 Å². The van der Waals surface area contributed by atoms with Crippen molar-refractivity contribution in [3.63, 3.8) is 0 Å². The zero-order valence-corrected chi connectivity index (χ0v) is 19.1. The third kappa shape index (κ3) is 4.71. The summed E-state index contributed by atoms with van der Waals surface area (Å²) in [6.07, 6.45) is 2.27. The van der Waals surface area contributed by atoms with Crippen molar-refractivity contribution in [2.24, 2.45) is 0 Å². The molecule has 2 aromatic rings. The lowest BCUT2D eigenvalue weighted by molar-refractivity contribution is -0.122. The summed E-state index contributed by atoms with van der Waals surface area (Å²) >= 11 is 12.8. The van der Waals surface area contributed by atoms with Crippen molar-refractivity contribution in [3.05, 3.63) is 61.5 Å². The van der Waals surface area contributed by atoms with E-state index < -0.39 is 17.8 Å². The van der Waals surface area contributed by atoms with Crippen molar-refractivity contribution in [1.29, 1.82) is 0 Å². The van der Waals surface area contributed by atoms with E-state index in [1.165, 1.54) is 12.1 Å². The van der Waals surface area contributed by atoms with E-state index in [0.29, 0.717) is 31.9 Å². The molecule has 1 fully saturated rings. The third-order valence-corrected chi connectivity index (χ3v) is 5.36. The normalized spacial score (nSPS) is 15.7. The number of hydrogen-bond acceptors (Lipinski definition) is 4. The fraction of sp³-hybridized carbons (Fsp3) is 0.150. The first-order chi connectivity index (χ1) is 13.8. The number of amides is 4. The molecule has 2 aromatic carbocycles. The number of rotatable bonds is 5. The van der Waals surface area contributed by atoms with Gasteiger partial charge in [-0.2, -0.15) is 0 Å². The molecule has 0 unspecified atom stereocenters. The molecule has 150 valence electrons. The Morgan fingerprint density at radius 2 is 1.83 bits per heavy atom. The summed E-state index contributed by atoms with van der Waals surface area (Å²) < 4.78 is 7.01. The molecule has 0 atom stereocenters. The van der Waals surface area contributed by atoms with Crippen LogP contribution in [0.4, 0.5) is 10.5 Å². The van der Waals surface area contributed by atoms with Gasteiger partial charge in [-0.05, 0) is 80.3 Å². The van der Waals surface area contributed by atoms with Gasteiger partial charge in [0, 0.05) is 5.02 Å². The van der Waals surface area contributed by atoms with Crippen molar-refractivity contribution in [3.8, 4) is 5.75 Å². The molecule has 1 N–H and O–H groups in total. The van der Waals surface area contributed by atoms with Gasteiger partial charge >= 0.3 is 6.03 Å². The lowest BCUT2D eigenvalue weighted by Crippen LogP contribution is -2.54. The molecule has 1 aliphatic rings. The number of barbiturate groups is 1. The molecule has 0 aromatic heterocycles. The SMILES string of the molecule is CCCOc1c(Br)cc(/C=C2\C(=O)NC(=O)N(c3cccc(Cl)c3)C2=O)cc1Br. The van der Waals surface area contributed by atoms with Gasteiger partial charge in [-0.1, -0.05) is 24.6 Å². The van der Waals surface area contributed by atoms with E-state index in [-0.39, 0.29) is 11.3 Å². The van der Waals surface area contributed by atoms with Gasteiger partial charge in [0.15, 0.2) is 0 Å². The highest BCUT2D eigenvalue weighted by molar-refractivity contribution is 9.11. The van der Waals surface area contributed by atoms with Crippen LogP contribution in [-0.4, -0.2) is 24.5 Å². The summed E-state index contributed by atoms with van der Waals surface area (Å²) in [6, 6.07) is 8.89. The summed E-state index contributed by atoms with van der Waals surface area (Å²) in [5, 5.41) is 2.55. The topological polar surface area (TPSA) is 75.7 Å². The fourth-order valence-corrected chi connectivity index (χ4v) is 4.31. The molecule has 0 saturated carbocycles.